The molecule has 0 aliphatic heterocycles. The minimum absolute atomic E-state index is 0.00221. The van der Waals surface area contributed by atoms with Crippen molar-refractivity contribution in [1.29, 1.82) is 0 Å². The molecule has 1 aromatic heterocycles. The number of nitro benzene ring substituents is 1. The number of nitrogens with zero attached hydrogens (tertiary/aromatic N) is 3. The Morgan fingerprint density at radius 3 is 2.50 bits per heavy atom. The Hall–Kier alpha value is -2.48. The van der Waals surface area contributed by atoms with Crippen molar-refractivity contribution in [3.8, 4) is 11.3 Å². The molecule has 0 unspecified atom stereocenters. The van der Waals surface area contributed by atoms with Gasteiger partial charge in [0.2, 0.25) is 0 Å². The summed E-state index contributed by atoms with van der Waals surface area (Å²) in [7, 11) is 0. The summed E-state index contributed by atoms with van der Waals surface area (Å²) in [6, 6.07) is 11.1. The molecule has 1 amide bonds. The summed E-state index contributed by atoms with van der Waals surface area (Å²) in [5.41, 5.74) is 1.69. The Morgan fingerprint density at radius 2 is 1.89 bits per heavy atom. The number of aromatic nitrogens is 1. The van der Waals surface area contributed by atoms with Crippen LogP contribution in [0.3, 0.4) is 0 Å². The van der Waals surface area contributed by atoms with E-state index < -0.39 is 10.8 Å². The quantitative estimate of drug-likeness (QED) is 0.400. The molecule has 0 radical (unpaired) electrons. The maximum atomic E-state index is 12.7. The van der Waals surface area contributed by atoms with Crippen molar-refractivity contribution in [2.24, 2.45) is 4.99 Å². The molecule has 0 saturated heterocycles. The summed E-state index contributed by atoms with van der Waals surface area (Å²) in [4.78, 5) is 28.8. The zero-order chi connectivity index (χ0) is 20.4. The number of hydrogen-bond acceptors (Lipinski definition) is 4. The average Bonchev–Trinajstić information content (AvgIpc) is 2.97. The summed E-state index contributed by atoms with van der Waals surface area (Å²) in [5, 5.41) is 11.7. The molecular formula is C19H15Cl2N3O3S. The first-order valence-corrected chi connectivity index (χ1v) is 9.88. The summed E-state index contributed by atoms with van der Waals surface area (Å²) in [6.45, 7) is 4.50. The number of carbonyl (C=O) groups excluding carboxylic acids is 1. The van der Waals surface area contributed by atoms with Crippen molar-refractivity contribution in [2.75, 3.05) is 0 Å². The second-order valence-electron chi connectivity index (χ2n) is 5.88. The van der Waals surface area contributed by atoms with Crippen molar-refractivity contribution in [1.82, 2.24) is 4.57 Å². The van der Waals surface area contributed by atoms with E-state index in [0.29, 0.717) is 16.4 Å². The maximum Gasteiger partial charge on any atom is 0.281 e. The lowest BCUT2D eigenvalue weighted by Gasteiger charge is -2.07. The number of amides is 1. The Balaban J connectivity index is 2.12. The van der Waals surface area contributed by atoms with Gasteiger partial charge in [-0.05, 0) is 37.6 Å². The summed E-state index contributed by atoms with van der Waals surface area (Å²) >= 11 is 13.4. The molecule has 0 spiro atoms. The Kier molecular flexibility index (Phi) is 5.98. The third-order valence-electron chi connectivity index (χ3n) is 4.10. The van der Waals surface area contributed by atoms with Crippen molar-refractivity contribution < 1.29 is 9.72 Å². The van der Waals surface area contributed by atoms with E-state index in [2.05, 4.69) is 4.99 Å². The molecule has 1 heterocycles. The molecule has 9 heteroatoms. The van der Waals surface area contributed by atoms with Crippen LogP contribution in [0.15, 0.2) is 47.5 Å². The van der Waals surface area contributed by atoms with Gasteiger partial charge in [-0.15, -0.1) is 11.3 Å². The van der Waals surface area contributed by atoms with Gasteiger partial charge >= 0.3 is 0 Å². The van der Waals surface area contributed by atoms with E-state index in [1.165, 1.54) is 23.5 Å². The maximum absolute atomic E-state index is 12.7. The second kappa shape index (κ2) is 8.26. The first kappa shape index (κ1) is 20.3. The van der Waals surface area contributed by atoms with E-state index in [4.69, 9.17) is 23.2 Å². The minimum Gasteiger partial charge on any atom is -0.316 e. The zero-order valence-electron chi connectivity index (χ0n) is 15.0. The molecule has 0 atom stereocenters. The van der Waals surface area contributed by atoms with Crippen LogP contribution in [0.1, 0.15) is 22.2 Å². The highest BCUT2D eigenvalue weighted by atomic mass is 35.5. The van der Waals surface area contributed by atoms with Crippen LogP contribution in [0, 0.1) is 17.0 Å². The van der Waals surface area contributed by atoms with Crippen LogP contribution in [0.4, 0.5) is 5.69 Å². The van der Waals surface area contributed by atoms with E-state index in [9.17, 15) is 14.9 Å². The van der Waals surface area contributed by atoms with Gasteiger partial charge in [0.1, 0.15) is 0 Å². The Bertz CT molecular complexity index is 1130. The molecule has 0 N–H and O–H groups in total. The van der Waals surface area contributed by atoms with E-state index in [-0.39, 0.29) is 16.3 Å². The molecule has 144 valence electrons. The van der Waals surface area contributed by atoms with Crippen molar-refractivity contribution >= 4 is 46.1 Å². The van der Waals surface area contributed by atoms with Crippen LogP contribution in [-0.2, 0) is 6.54 Å². The first-order valence-electron chi connectivity index (χ1n) is 8.31. The fourth-order valence-electron chi connectivity index (χ4n) is 2.81. The number of carbonyl (C=O) groups is 1. The summed E-state index contributed by atoms with van der Waals surface area (Å²) in [6.07, 6.45) is 0. The molecule has 3 rings (SSSR count). The minimum atomic E-state index is -0.625. The third kappa shape index (κ3) is 4.01. The Morgan fingerprint density at radius 1 is 1.21 bits per heavy atom. The van der Waals surface area contributed by atoms with Crippen LogP contribution >= 0.6 is 34.5 Å². The lowest BCUT2D eigenvalue weighted by atomic mass is 10.1. The molecule has 0 bridgehead atoms. The number of nitro groups is 1. The molecule has 3 aromatic rings. The van der Waals surface area contributed by atoms with E-state index in [0.717, 1.165) is 22.2 Å². The molecule has 6 nitrogen and oxygen atoms in total. The third-order valence-corrected chi connectivity index (χ3v) is 5.68. The van der Waals surface area contributed by atoms with Crippen LogP contribution in [0.25, 0.3) is 11.3 Å². The van der Waals surface area contributed by atoms with E-state index in [1.54, 1.807) is 12.1 Å². The molecule has 0 saturated carbocycles. The highest BCUT2D eigenvalue weighted by Gasteiger charge is 2.17. The molecule has 2 aromatic carbocycles. The van der Waals surface area contributed by atoms with Gasteiger partial charge in [-0.1, -0.05) is 35.3 Å². The first-order chi connectivity index (χ1) is 13.3. The fraction of sp³-hybridized carbons (Fsp3) is 0.158. The normalized spacial score (nSPS) is 11.6. The van der Waals surface area contributed by atoms with Gasteiger partial charge in [0.15, 0.2) is 4.80 Å². The molecular weight excluding hydrogens is 421 g/mol. The number of halogens is 2. The lowest BCUT2D eigenvalue weighted by molar-refractivity contribution is -0.384. The van der Waals surface area contributed by atoms with Crippen LogP contribution in [0.5, 0.6) is 0 Å². The van der Waals surface area contributed by atoms with E-state index >= 15 is 0 Å². The highest BCUT2D eigenvalue weighted by molar-refractivity contribution is 7.09. The Labute approximate surface area is 174 Å². The van der Waals surface area contributed by atoms with Crippen molar-refractivity contribution in [3.05, 3.63) is 77.9 Å². The average molecular weight is 436 g/mol. The van der Waals surface area contributed by atoms with Crippen LogP contribution in [-0.4, -0.2) is 15.4 Å². The monoisotopic (exact) mass is 435 g/mol. The molecule has 0 aliphatic carbocycles. The predicted molar refractivity (Wildman–Crippen MR) is 111 cm³/mol. The second-order valence-corrected chi connectivity index (χ2v) is 7.90. The number of hydrogen-bond donors (Lipinski definition) is 0. The highest BCUT2D eigenvalue weighted by Crippen LogP contribution is 2.27. The van der Waals surface area contributed by atoms with Gasteiger partial charge in [0.25, 0.3) is 11.6 Å². The molecule has 0 aliphatic rings. The zero-order valence-corrected chi connectivity index (χ0v) is 17.3. The van der Waals surface area contributed by atoms with Gasteiger partial charge in [-0.25, -0.2) is 0 Å². The van der Waals surface area contributed by atoms with Crippen molar-refractivity contribution in [2.45, 2.75) is 20.4 Å². The number of non-ortho nitro benzene ring substituents is 1. The summed E-state index contributed by atoms with van der Waals surface area (Å²) < 4.78 is 1.92. The van der Waals surface area contributed by atoms with Gasteiger partial charge in [-0.2, -0.15) is 4.99 Å². The SMILES string of the molecule is CCn1c(-c2ccc(Cl)cc2)c(C)sc1=NC(=O)c1cc([N+](=O)[O-])ccc1Cl. The molecule has 0 fully saturated rings. The van der Waals surface area contributed by atoms with Gasteiger partial charge < -0.3 is 4.57 Å². The van der Waals surface area contributed by atoms with Gasteiger partial charge in [0.05, 0.1) is 21.2 Å². The van der Waals surface area contributed by atoms with Gasteiger partial charge in [-0.3, -0.25) is 14.9 Å². The smallest absolute Gasteiger partial charge is 0.281 e. The van der Waals surface area contributed by atoms with Crippen molar-refractivity contribution in [3.63, 3.8) is 0 Å². The predicted octanol–water partition coefficient (Wildman–Crippen LogP) is 5.50. The van der Waals surface area contributed by atoms with Crippen LogP contribution < -0.4 is 4.80 Å². The number of aryl methyl sites for hydroxylation is 1. The largest absolute Gasteiger partial charge is 0.316 e. The number of benzene rings is 2. The van der Waals surface area contributed by atoms with E-state index in [1.807, 2.05) is 30.5 Å². The standard InChI is InChI=1S/C19H15Cl2N3O3S/c1-3-23-17(12-4-6-13(20)7-5-12)11(2)28-19(23)22-18(25)15-10-14(24(26)27)8-9-16(15)21/h4-10H,3H2,1-2H3. The summed E-state index contributed by atoms with van der Waals surface area (Å²) in [5.74, 6) is -0.625. The van der Waals surface area contributed by atoms with Crippen LogP contribution in [0.2, 0.25) is 10.0 Å². The van der Waals surface area contributed by atoms with Gasteiger partial charge in [0, 0.05) is 28.6 Å². The number of rotatable bonds is 4. The molecule has 28 heavy (non-hydrogen) atoms. The number of thiazole rings is 1. The fourth-order valence-corrected chi connectivity index (χ4v) is 4.19. The lowest BCUT2D eigenvalue weighted by Crippen LogP contribution is -2.17. The topological polar surface area (TPSA) is 77.5 Å².